The predicted molar refractivity (Wildman–Crippen MR) is 121 cm³/mol. The van der Waals surface area contributed by atoms with Crippen LogP contribution in [0.4, 0.5) is 17.1 Å². The number of nitrogens with zero attached hydrogens (tertiary/aromatic N) is 4. The fourth-order valence-electron chi connectivity index (χ4n) is 3.01. The number of rotatable bonds is 8. The van der Waals surface area contributed by atoms with E-state index in [4.69, 9.17) is 4.74 Å². The Bertz CT molecular complexity index is 1300. The van der Waals surface area contributed by atoms with Gasteiger partial charge in [0.05, 0.1) is 35.3 Å². The Morgan fingerprint density at radius 1 is 1.19 bits per heavy atom. The van der Waals surface area contributed by atoms with E-state index >= 15 is 0 Å². The molecular formula is C20H22N6O5S. The zero-order chi connectivity index (χ0) is 23.5. The van der Waals surface area contributed by atoms with Gasteiger partial charge in [-0.3, -0.25) is 24.9 Å². The number of benzene rings is 2. The number of nitro benzene ring substituents is 1. The second-order valence-electron chi connectivity index (χ2n) is 6.82. The number of nitro groups is 1. The summed E-state index contributed by atoms with van der Waals surface area (Å²) in [6, 6.07) is 9.89. The molecule has 0 unspecified atom stereocenters. The molecule has 0 bridgehead atoms. The lowest BCUT2D eigenvalue weighted by atomic mass is 10.2. The number of non-ortho nitro benzene ring substituents is 1. The minimum Gasteiger partial charge on any atom is -0.495 e. The van der Waals surface area contributed by atoms with E-state index in [1.807, 2.05) is 13.8 Å². The molecule has 0 amide bonds. The number of ether oxygens (including phenoxy) is 1. The Balaban J connectivity index is 1.99. The van der Waals surface area contributed by atoms with E-state index in [9.17, 15) is 18.5 Å². The van der Waals surface area contributed by atoms with Crippen molar-refractivity contribution >= 4 is 33.3 Å². The van der Waals surface area contributed by atoms with Crippen LogP contribution in [0.25, 0.3) is 0 Å². The number of methoxy groups -OCH3 is 1. The quantitative estimate of drug-likeness (QED) is 0.300. The monoisotopic (exact) mass is 458 g/mol. The molecule has 0 aliphatic heterocycles. The zero-order valence-corrected chi connectivity index (χ0v) is 18.7. The van der Waals surface area contributed by atoms with Crippen LogP contribution in [0.2, 0.25) is 0 Å². The molecule has 0 saturated heterocycles. The molecule has 32 heavy (non-hydrogen) atoms. The maximum Gasteiger partial charge on any atom is 0.270 e. The van der Waals surface area contributed by atoms with Gasteiger partial charge < -0.3 is 4.74 Å². The smallest absolute Gasteiger partial charge is 0.270 e. The number of hydrogen-bond donors (Lipinski definition) is 2. The van der Waals surface area contributed by atoms with Crippen molar-refractivity contribution in [2.24, 2.45) is 12.1 Å². The first kappa shape index (κ1) is 22.7. The molecule has 1 aromatic heterocycles. The molecule has 12 heteroatoms. The molecule has 1 heterocycles. The van der Waals surface area contributed by atoms with E-state index < -0.39 is 14.9 Å². The maximum atomic E-state index is 13.1. The summed E-state index contributed by atoms with van der Waals surface area (Å²) in [5, 5.41) is 19.7. The first-order valence-corrected chi connectivity index (χ1v) is 10.9. The van der Waals surface area contributed by atoms with Gasteiger partial charge in [0.25, 0.3) is 15.7 Å². The van der Waals surface area contributed by atoms with Crippen molar-refractivity contribution in [3.8, 4) is 5.75 Å². The average Bonchev–Trinajstić information content (AvgIpc) is 2.99. The van der Waals surface area contributed by atoms with Crippen molar-refractivity contribution in [1.29, 1.82) is 0 Å². The van der Waals surface area contributed by atoms with Crippen LogP contribution in [-0.2, 0) is 17.1 Å². The van der Waals surface area contributed by atoms with Crippen molar-refractivity contribution in [2.45, 2.75) is 18.7 Å². The van der Waals surface area contributed by atoms with E-state index in [-0.39, 0.29) is 22.0 Å². The molecule has 0 atom stereocenters. The van der Waals surface area contributed by atoms with Gasteiger partial charge in [0.1, 0.15) is 10.6 Å². The summed E-state index contributed by atoms with van der Waals surface area (Å²) in [6.07, 6.45) is 1.52. The largest absolute Gasteiger partial charge is 0.495 e. The number of aryl methyl sites for hydroxylation is 2. The Labute approximate surface area is 184 Å². The number of aromatic nitrogens is 2. The van der Waals surface area contributed by atoms with Crippen LogP contribution in [0.3, 0.4) is 0 Å². The highest BCUT2D eigenvalue weighted by atomic mass is 32.2. The van der Waals surface area contributed by atoms with Gasteiger partial charge in [0.15, 0.2) is 0 Å². The fourth-order valence-corrected chi connectivity index (χ4v) is 4.26. The molecule has 11 nitrogen and oxygen atoms in total. The first-order valence-electron chi connectivity index (χ1n) is 9.37. The van der Waals surface area contributed by atoms with E-state index in [1.54, 1.807) is 29.9 Å². The molecule has 0 fully saturated rings. The van der Waals surface area contributed by atoms with E-state index in [2.05, 4.69) is 20.3 Å². The van der Waals surface area contributed by atoms with Gasteiger partial charge in [-0.2, -0.15) is 10.2 Å². The second-order valence-corrected chi connectivity index (χ2v) is 8.47. The highest BCUT2D eigenvalue weighted by Gasteiger charge is 2.24. The third kappa shape index (κ3) is 4.70. The molecule has 0 aliphatic rings. The van der Waals surface area contributed by atoms with Gasteiger partial charge in [-0.1, -0.05) is 12.1 Å². The number of hydrazone groups is 1. The number of sulfonamides is 1. The molecule has 3 aromatic rings. The molecule has 3 rings (SSSR count). The van der Waals surface area contributed by atoms with Crippen molar-refractivity contribution in [2.75, 3.05) is 17.3 Å². The zero-order valence-electron chi connectivity index (χ0n) is 17.9. The summed E-state index contributed by atoms with van der Waals surface area (Å²) in [5.74, 6) is 0.302. The molecule has 2 N–H and O–H groups in total. The summed E-state index contributed by atoms with van der Waals surface area (Å²) >= 11 is 0. The van der Waals surface area contributed by atoms with Gasteiger partial charge >= 0.3 is 0 Å². The van der Waals surface area contributed by atoms with Gasteiger partial charge in [0.2, 0.25) is 0 Å². The number of hydrogen-bond acceptors (Lipinski definition) is 8. The molecule has 0 aliphatic carbocycles. The number of nitrogens with one attached hydrogen (secondary N) is 2. The van der Waals surface area contributed by atoms with Crippen LogP contribution in [0.15, 0.2) is 52.5 Å². The highest BCUT2D eigenvalue weighted by molar-refractivity contribution is 7.93. The average molecular weight is 459 g/mol. The van der Waals surface area contributed by atoms with E-state index in [0.29, 0.717) is 5.75 Å². The van der Waals surface area contributed by atoms with Crippen LogP contribution in [0, 0.1) is 24.0 Å². The number of para-hydroxylation sites is 2. The highest BCUT2D eigenvalue weighted by Crippen LogP contribution is 2.31. The molecule has 0 saturated carbocycles. The van der Waals surface area contributed by atoms with Crippen LogP contribution < -0.4 is 14.9 Å². The Morgan fingerprint density at radius 2 is 1.91 bits per heavy atom. The van der Waals surface area contributed by atoms with E-state index in [0.717, 1.165) is 23.0 Å². The molecule has 0 spiro atoms. The Hall–Kier alpha value is -3.93. The van der Waals surface area contributed by atoms with Crippen LogP contribution in [-0.4, -0.2) is 36.4 Å². The fraction of sp³-hybridized carbons (Fsp3) is 0.200. The standard InChI is InChI=1S/C20H22N6O5S/c1-13-16(14(2)25(3)23-13)12-21-22-18-10-9-15(26(27)28)11-20(18)32(29,30)24-17-7-5-6-8-19(17)31-4/h5-12,22,24H,1-4H3. The Morgan fingerprint density at radius 3 is 2.53 bits per heavy atom. The summed E-state index contributed by atoms with van der Waals surface area (Å²) in [4.78, 5) is 10.2. The van der Waals surface area contributed by atoms with Crippen molar-refractivity contribution in [3.63, 3.8) is 0 Å². The molecule has 168 valence electrons. The molecule has 2 aromatic carbocycles. The number of anilines is 2. The molecule has 0 radical (unpaired) electrons. The lowest BCUT2D eigenvalue weighted by Gasteiger charge is -2.14. The summed E-state index contributed by atoms with van der Waals surface area (Å²) in [6.45, 7) is 3.70. The second kappa shape index (κ2) is 9.06. The van der Waals surface area contributed by atoms with Gasteiger partial charge in [-0.25, -0.2) is 8.42 Å². The normalized spacial score (nSPS) is 11.5. The van der Waals surface area contributed by atoms with Gasteiger partial charge in [-0.15, -0.1) is 0 Å². The van der Waals surface area contributed by atoms with Crippen LogP contribution >= 0.6 is 0 Å². The van der Waals surface area contributed by atoms with Gasteiger partial charge in [-0.05, 0) is 32.0 Å². The SMILES string of the molecule is COc1ccccc1NS(=O)(=O)c1cc([N+](=O)[O-])ccc1NN=Cc1c(C)nn(C)c1C. The summed E-state index contributed by atoms with van der Waals surface area (Å²) in [5.41, 5.74) is 4.96. The predicted octanol–water partition coefficient (Wildman–Crippen LogP) is 3.20. The van der Waals surface area contributed by atoms with Gasteiger partial charge in [0, 0.05) is 30.4 Å². The third-order valence-electron chi connectivity index (χ3n) is 4.76. The molecular weight excluding hydrogens is 436 g/mol. The van der Waals surface area contributed by atoms with Crippen molar-refractivity contribution in [3.05, 3.63) is 69.5 Å². The van der Waals surface area contributed by atoms with Crippen LogP contribution in [0.1, 0.15) is 17.0 Å². The summed E-state index contributed by atoms with van der Waals surface area (Å²) < 4.78 is 35.5. The topological polar surface area (TPSA) is 141 Å². The van der Waals surface area contributed by atoms with E-state index in [1.165, 1.54) is 31.5 Å². The lowest BCUT2D eigenvalue weighted by Crippen LogP contribution is -2.15. The first-order chi connectivity index (χ1) is 15.1. The van der Waals surface area contributed by atoms with Crippen molar-refractivity contribution < 1.29 is 18.1 Å². The third-order valence-corrected chi connectivity index (χ3v) is 6.17. The lowest BCUT2D eigenvalue weighted by molar-refractivity contribution is -0.385. The maximum absolute atomic E-state index is 13.1. The minimum absolute atomic E-state index is 0.0634. The minimum atomic E-state index is -4.23. The summed E-state index contributed by atoms with van der Waals surface area (Å²) in [7, 11) is -1.02. The van der Waals surface area contributed by atoms with Crippen LogP contribution in [0.5, 0.6) is 5.75 Å². The van der Waals surface area contributed by atoms with Crippen molar-refractivity contribution in [1.82, 2.24) is 9.78 Å². The Kier molecular flexibility index (Phi) is 6.44.